The van der Waals surface area contributed by atoms with Crippen LogP contribution in [0.15, 0.2) is 0 Å². The van der Waals surface area contributed by atoms with Gasteiger partial charge in [-0.3, -0.25) is 0 Å². The summed E-state index contributed by atoms with van der Waals surface area (Å²) in [4.78, 5) is 0. The number of rotatable bonds is 4. The molecule has 1 saturated carbocycles. The number of nitrogens with one attached hydrogen (secondary N) is 2. The summed E-state index contributed by atoms with van der Waals surface area (Å²) < 4.78 is 12.1. The predicted octanol–water partition coefficient (Wildman–Crippen LogP) is 1.86. The molecule has 2 rings (SSSR count). The van der Waals surface area contributed by atoms with Crippen molar-refractivity contribution in [3.05, 3.63) is 0 Å². The molecule has 0 radical (unpaired) electrons. The standard InChI is InChI=1S/C12H23FN2/c13-7-9-15-12-6-3-4-10(12)11-5-1-2-8-14-11/h10-12,14-15H,1-9H2. The summed E-state index contributed by atoms with van der Waals surface area (Å²) in [5.74, 6) is 0.747. The molecule has 0 bridgehead atoms. The first-order valence-electron chi connectivity index (χ1n) is 6.44. The normalized spacial score (nSPS) is 37.0. The molecular formula is C12H23FN2. The molecular weight excluding hydrogens is 191 g/mol. The molecule has 1 aliphatic carbocycles. The SMILES string of the molecule is FCCNC1CCCC1C1CCCCN1. The van der Waals surface area contributed by atoms with Gasteiger partial charge in [0.15, 0.2) is 0 Å². The summed E-state index contributed by atoms with van der Waals surface area (Å²) in [5.41, 5.74) is 0. The molecule has 2 aliphatic rings. The van der Waals surface area contributed by atoms with Gasteiger partial charge in [0.25, 0.3) is 0 Å². The summed E-state index contributed by atoms with van der Waals surface area (Å²) in [6.45, 7) is 1.48. The van der Waals surface area contributed by atoms with Gasteiger partial charge in [0, 0.05) is 18.6 Å². The first kappa shape index (κ1) is 11.3. The zero-order valence-electron chi connectivity index (χ0n) is 9.47. The van der Waals surface area contributed by atoms with E-state index in [9.17, 15) is 4.39 Å². The van der Waals surface area contributed by atoms with E-state index in [4.69, 9.17) is 0 Å². The molecule has 0 amide bonds. The molecule has 3 unspecified atom stereocenters. The Morgan fingerprint density at radius 3 is 2.80 bits per heavy atom. The van der Waals surface area contributed by atoms with Crippen molar-refractivity contribution in [1.82, 2.24) is 10.6 Å². The second-order valence-electron chi connectivity index (χ2n) is 4.90. The zero-order valence-corrected chi connectivity index (χ0v) is 9.47. The molecule has 2 fully saturated rings. The molecule has 1 aliphatic heterocycles. The molecule has 1 saturated heterocycles. The molecule has 0 aromatic carbocycles. The molecule has 1 heterocycles. The maximum Gasteiger partial charge on any atom is 0.102 e. The summed E-state index contributed by atoms with van der Waals surface area (Å²) in [6.07, 6.45) is 7.88. The fourth-order valence-corrected chi connectivity index (χ4v) is 3.21. The van der Waals surface area contributed by atoms with E-state index in [1.54, 1.807) is 0 Å². The van der Waals surface area contributed by atoms with Crippen molar-refractivity contribution < 1.29 is 4.39 Å². The Labute approximate surface area is 92.0 Å². The van der Waals surface area contributed by atoms with Crippen LogP contribution in [0.1, 0.15) is 38.5 Å². The lowest BCUT2D eigenvalue weighted by Crippen LogP contribution is -2.47. The molecule has 3 atom stereocenters. The van der Waals surface area contributed by atoms with Gasteiger partial charge in [0.05, 0.1) is 0 Å². The van der Waals surface area contributed by atoms with E-state index in [-0.39, 0.29) is 6.67 Å². The van der Waals surface area contributed by atoms with E-state index in [0.29, 0.717) is 18.6 Å². The smallest absolute Gasteiger partial charge is 0.102 e. The van der Waals surface area contributed by atoms with E-state index in [1.165, 1.54) is 45.1 Å². The lowest BCUT2D eigenvalue weighted by atomic mass is 9.88. The second kappa shape index (κ2) is 5.80. The first-order chi connectivity index (χ1) is 7.42. The molecule has 88 valence electrons. The van der Waals surface area contributed by atoms with Crippen LogP contribution in [0.4, 0.5) is 4.39 Å². The van der Waals surface area contributed by atoms with Crippen LogP contribution in [0.2, 0.25) is 0 Å². The van der Waals surface area contributed by atoms with Crippen LogP contribution in [0.25, 0.3) is 0 Å². The van der Waals surface area contributed by atoms with Crippen LogP contribution >= 0.6 is 0 Å². The molecule has 2 nitrogen and oxygen atoms in total. The first-order valence-corrected chi connectivity index (χ1v) is 6.44. The Bertz CT molecular complexity index is 180. The molecule has 3 heteroatoms. The summed E-state index contributed by atoms with van der Waals surface area (Å²) in [6, 6.07) is 1.26. The van der Waals surface area contributed by atoms with Crippen molar-refractivity contribution in [1.29, 1.82) is 0 Å². The summed E-state index contributed by atoms with van der Waals surface area (Å²) >= 11 is 0. The molecule has 15 heavy (non-hydrogen) atoms. The minimum Gasteiger partial charge on any atom is -0.314 e. The van der Waals surface area contributed by atoms with E-state index < -0.39 is 0 Å². The maximum absolute atomic E-state index is 12.1. The van der Waals surface area contributed by atoms with Crippen molar-refractivity contribution in [2.75, 3.05) is 19.8 Å². The average Bonchev–Trinajstić information content (AvgIpc) is 2.75. The van der Waals surface area contributed by atoms with Gasteiger partial charge in [-0.25, -0.2) is 4.39 Å². The van der Waals surface area contributed by atoms with Gasteiger partial charge in [-0.05, 0) is 38.1 Å². The maximum atomic E-state index is 12.1. The lowest BCUT2D eigenvalue weighted by molar-refractivity contribution is 0.254. The van der Waals surface area contributed by atoms with Crippen molar-refractivity contribution >= 4 is 0 Å². The van der Waals surface area contributed by atoms with Crippen molar-refractivity contribution in [2.45, 2.75) is 50.6 Å². The number of halogens is 1. The van der Waals surface area contributed by atoms with Gasteiger partial charge < -0.3 is 10.6 Å². The predicted molar refractivity (Wildman–Crippen MR) is 60.7 cm³/mol. The molecule has 0 spiro atoms. The fourth-order valence-electron chi connectivity index (χ4n) is 3.21. The van der Waals surface area contributed by atoms with Crippen LogP contribution in [0.5, 0.6) is 0 Å². The quantitative estimate of drug-likeness (QED) is 0.746. The third-order valence-electron chi connectivity index (χ3n) is 3.94. The Hall–Kier alpha value is -0.150. The third kappa shape index (κ3) is 2.91. The van der Waals surface area contributed by atoms with Gasteiger partial charge >= 0.3 is 0 Å². The highest BCUT2D eigenvalue weighted by molar-refractivity contribution is 4.92. The fraction of sp³-hybridized carbons (Fsp3) is 1.00. The Balaban J connectivity index is 1.82. The Morgan fingerprint density at radius 2 is 2.07 bits per heavy atom. The van der Waals surface area contributed by atoms with E-state index in [0.717, 1.165) is 5.92 Å². The summed E-state index contributed by atoms with van der Waals surface area (Å²) in [7, 11) is 0. The van der Waals surface area contributed by atoms with Crippen LogP contribution in [0.3, 0.4) is 0 Å². The highest BCUT2D eigenvalue weighted by Gasteiger charge is 2.33. The van der Waals surface area contributed by atoms with Gasteiger partial charge in [-0.1, -0.05) is 12.8 Å². The Kier molecular flexibility index (Phi) is 4.39. The second-order valence-corrected chi connectivity index (χ2v) is 4.90. The molecule has 2 N–H and O–H groups in total. The Morgan fingerprint density at radius 1 is 1.13 bits per heavy atom. The minimum absolute atomic E-state index is 0.235. The summed E-state index contributed by atoms with van der Waals surface area (Å²) in [5, 5.41) is 7.00. The van der Waals surface area contributed by atoms with Crippen LogP contribution < -0.4 is 10.6 Å². The zero-order chi connectivity index (χ0) is 10.5. The number of piperidine rings is 1. The van der Waals surface area contributed by atoms with Gasteiger partial charge in [-0.15, -0.1) is 0 Å². The van der Waals surface area contributed by atoms with Crippen LogP contribution in [0, 0.1) is 5.92 Å². The number of hydrogen-bond donors (Lipinski definition) is 2. The average molecular weight is 214 g/mol. The van der Waals surface area contributed by atoms with Gasteiger partial charge in [0.2, 0.25) is 0 Å². The number of alkyl halides is 1. The largest absolute Gasteiger partial charge is 0.314 e. The number of hydrogen-bond acceptors (Lipinski definition) is 2. The lowest BCUT2D eigenvalue weighted by Gasteiger charge is -2.33. The highest BCUT2D eigenvalue weighted by atomic mass is 19.1. The van der Waals surface area contributed by atoms with Crippen molar-refractivity contribution in [3.8, 4) is 0 Å². The third-order valence-corrected chi connectivity index (χ3v) is 3.94. The topological polar surface area (TPSA) is 24.1 Å². The molecule has 0 aromatic heterocycles. The van der Waals surface area contributed by atoms with E-state index in [1.807, 2.05) is 0 Å². The minimum atomic E-state index is -0.235. The van der Waals surface area contributed by atoms with Crippen LogP contribution in [-0.4, -0.2) is 31.8 Å². The van der Waals surface area contributed by atoms with E-state index in [2.05, 4.69) is 10.6 Å². The van der Waals surface area contributed by atoms with Gasteiger partial charge in [-0.2, -0.15) is 0 Å². The van der Waals surface area contributed by atoms with Gasteiger partial charge in [0.1, 0.15) is 6.67 Å². The highest BCUT2D eigenvalue weighted by Crippen LogP contribution is 2.31. The molecule has 0 aromatic rings. The monoisotopic (exact) mass is 214 g/mol. The van der Waals surface area contributed by atoms with Crippen molar-refractivity contribution in [3.63, 3.8) is 0 Å². The van der Waals surface area contributed by atoms with E-state index >= 15 is 0 Å². The van der Waals surface area contributed by atoms with Crippen molar-refractivity contribution in [2.24, 2.45) is 5.92 Å². The van der Waals surface area contributed by atoms with Crippen LogP contribution in [-0.2, 0) is 0 Å².